The molecule has 1 aliphatic carbocycles. The Labute approximate surface area is 122 Å². The fourth-order valence-corrected chi connectivity index (χ4v) is 3.96. The summed E-state index contributed by atoms with van der Waals surface area (Å²) in [5.74, 6) is 0.803. The van der Waals surface area contributed by atoms with Gasteiger partial charge in [0, 0.05) is 24.3 Å². The van der Waals surface area contributed by atoms with Crippen molar-refractivity contribution in [1.29, 1.82) is 0 Å². The summed E-state index contributed by atoms with van der Waals surface area (Å²) in [6, 6.07) is 7.94. The molecule has 1 saturated heterocycles. The van der Waals surface area contributed by atoms with Crippen molar-refractivity contribution >= 4 is 0 Å². The van der Waals surface area contributed by atoms with Crippen molar-refractivity contribution in [2.24, 2.45) is 5.92 Å². The second-order valence-electron chi connectivity index (χ2n) is 6.40. The number of nitrogens with zero attached hydrogens (tertiary/aromatic N) is 1. The van der Waals surface area contributed by atoms with E-state index in [2.05, 4.69) is 34.7 Å². The predicted octanol–water partition coefficient (Wildman–Crippen LogP) is 3.04. The van der Waals surface area contributed by atoms with Crippen LogP contribution in [0.2, 0.25) is 0 Å². The lowest BCUT2D eigenvalue weighted by atomic mass is 9.79. The molecular weight excluding hydrogens is 246 g/mol. The Morgan fingerprint density at radius 2 is 2.10 bits per heavy atom. The second kappa shape index (κ2) is 6.68. The van der Waals surface area contributed by atoms with Crippen molar-refractivity contribution in [3.05, 3.63) is 30.1 Å². The van der Waals surface area contributed by atoms with Crippen LogP contribution in [0.15, 0.2) is 24.4 Å². The predicted molar refractivity (Wildman–Crippen MR) is 82.6 cm³/mol. The van der Waals surface area contributed by atoms with Gasteiger partial charge in [0.05, 0.1) is 5.69 Å². The minimum atomic E-state index is 0.350. The third-order valence-electron chi connectivity index (χ3n) is 5.03. The average Bonchev–Trinajstić information content (AvgIpc) is 3.03. The van der Waals surface area contributed by atoms with E-state index in [-0.39, 0.29) is 0 Å². The highest BCUT2D eigenvalue weighted by Gasteiger charge is 2.33. The second-order valence-corrected chi connectivity index (χ2v) is 6.40. The van der Waals surface area contributed by atoms with Crippen molar-refractivity contribution < 1.29 is 0 Å². The van der Waals surface area contributed by atoms with E-state index in [0.717, 1.165) is 17.7 Å². The molecule has 4 atom stereocenters. The van der Waals surface area contributed by atoms with E-state index in [1.807, 2.05) is 12.3 Å². The van der Waals surface area contributed by atoms with Crippen LogP contribution in [-0.4, -0.2) is 23.6 Å². The van der Waals surface area contributed by atoms with Crippen LogP contribution in [0.25, 0.3) is 0 Å². The van der Waals surface area contributed by atoms with Gasteiger partial charge in [-0.1, -0.05) is 18.9 Å². The minimum absolute atomic E-state index is 0.350. The van der Waals surface area contributed by atoms with Crippen LogP contribution in [0.1, 0.15) is 57.2 Å². The molecule has 3 heteroatoms. The van der Waals surface area contributed by atoms with Crippen molar-refractivity contribution in [3.63, 3.8) is 0 Å². The maximum Gasteiger partial charge on any atom is 0.0570 e. The lowest BCUT2D eigenvalue weighted by Gasteiger charge is -2.38. The largest absolute Gasteiger partial charge is 0.314 e. The van der Waals surface area contributed by atoms with E-state index in [4.69, 9.17) is 0 Å². The molecule has 1 saturated carbocycles. The molecule has 0 radical (unpaired) electrons. The van der Waals surface area contributed by atoms with Crippen LogP contribution >= 0.6 is 0 Å². The van der Waals surface area contributed by atoms with Crippen LogP contribution in [-0.2, 0) is 0 Å². The molecule has 110 valence electrons. The zero-order valence-electron chi connectivity index (χ0n) is 12.5. The third-order valence-corrected chi connectivity index (χ3v) is 5.03. The Morgan fingerprint density at radius 3 is 2.85 bits per heavy atom. The average molecular weight is 273 g/mol. The first-order chi connectivity index (χ1) is 9.84. The molecule has 20 heavy (non-hydrogen) atoms. The van der Waals surface area contributed by atoms with E-state index in [1.165, 1.54) is 45.1 Å². The molecule has 2 fully saturated rings. The smallest absolute Gasteiger partial charge is 0.0570 e. The summed E-state index contributed by atoms with van der Waals surface area (Å²) in [6.07, 6.45) is 10.1. The van der Waals surface area contributed by atoms with Gasteiger partial charge in [-0.05, 0) is 57.2 Å². The number of rotatable bonds is 4. The quantitative estimate of drug-likeness (QED) is 0.885. The van der Waals surface area contributed by atoms with Crippen molar-refractivity contribution in [2.45, 2.75) is 63.6 Å². The van der Waals surface area contributed by atoms with Gasteiger partial charge in [0.15, 0.2) is 0 Å². The Kier molecular flexibility index (Phi) is 4.69. The standard InChI is InChI=1S/C17H27N3/c1-13(15-8-4-5-11-18-15)20-17-9-3-2-7-14(17)16-10-6-12-19-16/h4-5,8,11,13-14,16-17,19-20H,2-3,6-7,9-10,12H2,1H3. The van der Waals surface area contributed by atoms with E-state index >= 15 is 0 Å². The molecule has 0 amide bonds. The van der Waals surface area contributed by atoms with Gasteiger partial charge < -0.3 is 10.6 Å². The fourth-order valence-electron chi connectivity index (χ4n) is 3.96. The summed E-state index contributed by atoms with van der Waals surface area (Å²) in [7, 11) is 0. The molecule has 0 aromatic carbocycles. The summed E-state index contributed by atoms with van der Waals surface area (Å²) in [5.41, 5.74) is 1.16. The van der Waals surface area contributed by atoms with Crippen LogP contribution < -0.4 is 10.6 Å². The Hall–Kier alpha value is -0.930. The summed E-state index contributed by atoms with van der Waals surface area (Å²) in [6.45, 7) is 3.46. The van der Waals surface area contributed by atoms with Gasteiger partial charge >= 0.3 is 0 Å². The lowest BCUT2D eigenvalue weighted by molar-refractivity contribution is 0.203. The fraction of sp³-hybridized carbons (Fsp3) is 0.706. The summed E-state index contributed by atoms with van der Waals surface area (Å²) in [4.78, 5) is 4.49. The molecular formula is C17H27N3. The molecule has 2 N–H and O–H groups in total. The van der Waals surface area contributed by atoms with Crippen molar-refractivity contribution in [2.75, 3.05) is 6.54 Å². The number of hydrogen-bond donors (Lipinski definition) is 2. The highest BCUT2D eigenvalue weighted by molar-refractivity contribution is 5.08. The SMILES string of the molecule is CC(NC1CCCCC1C1CCCN1)c1ccccn1. The highest BCUT2D eigenvalue weighted by atomic mass is 15.0. The summed E-state index contributed by atoms with van der Waals surface area (Å²) >= 11 is 0. The molecule has 2 heterocycles. The molecule has 0 bridgehead atoms. The number of aromatic nitrogens is 1. The summed E-state index contributed by atoms with van der Waals surface area (Å²) in [5, 5.41) is 7.57. The minimum Gasteiger partial charge on any atom is -0.314 e. The first-order valence-electron chi connectivity index (χ1n) is 8.25. The highest BCUT2D eigenvalue weighted by Crippen LogP contribution is 2.31. The van der Waals surface area contributed by atoms with Crippen molar-refractivity contribution in [1.82, 2.24) is 15.6 Å². The van der Waals surface area contributed by atoms with Crippen molar-refractivity contribution in [3.8, 4) is 0 Å². The molecule has 3 rings (SSSR count). The van der Waals surface area contributed by atoms with Crippen LogP contribution in [0.3, 0.4) is 0 Å². The van der Waals surface area contributed by atoms with Gasteiger partial charge in [-0.25, -0.2) is 0 Å². The van der Waals surface area contributed by atoms with Gasteiger partial charge in [-0.2, -0.15) is 0 Å². The Bertz CT molecular complexity index is 400. The van der Waals surface area contributed by atoms with E-state index < -0.39 is 0 Å². The Balaban J connectivity index is 1.64. The number of nitrogens with one attached hydrogen (secondary N) is 2. The molecule has 1 aromatic heterocycles. The molecule has 3 nitrogen and oxygen atoms in total. The Morgan fingerprint density at radius 1 is 1.20 bits per heavy atom. The number of hydrogen-bond acceptors (Lipinski definition) is 3. The lowest BCUT2D eigenvalue weighted by Crippen LogP contribution is -2.47. The zero-order valence-corrected chi connectivity index (χ0v) is 12.5. The molecule has 0 spiro atoms. The molecule has 1 aromatic rings. The van der Waals surface area contributed by atoms with E-state index in [9.17, 15) is 0 Å². The maximum absolute atomic E-state index is 4.49. The number of pyridine rings is 1. The van der Waals surface area contributed by atoms with Gasteiger partial charge in [-0.3, -0.25) is 4.98 Å². The van der Waals surface area contributed by atoms with E-state index in [1.54, 1.807) is 0 Å². The topological polar surface area (TPSA) is 37.0 Å². The molecule has 4 unspecified atom stereocenters. The third kappa shape index (κ3) is 3.21. The van der Waals surface area contributed by atoms with Crippen LogP contribution in [0.4, 0.5) is 0 Å². The monoisotopic (exact) mass is 273 g/mol. The van der Waals surface area contributed by atoms with Crippen LogP contribution in [0, 0.1) is 5.92 Å². The van der Waals surface area contributed by atoms with E-state index in [0.29, 0.717) is 12.1 Å². The van der Waals surface area contributed by atoms with Gasteiger partial charge in [0.25, 0.3) is 0 Å². The van der Waals surface area contributed by atoms with Crippen LogP contribution in [0.5, 0.6) is 0 Å². The first kappa shape index (κ1) is 14.0. The molecule has 1 aliphatic heterocycles. The normalized spacial score (nSPS) is 32.1. The first-order valence-corrected chi connectivity index (χ1v) is 8.25. The van der Waals surface area contributed by atoms with Gasteiger partial charge in [0.1, 0.15) is 0 Å². The zero-order chi connectivity index (χ0) is 13.8. The van der Waals surface area contributed by atoms with Gasteiger partial charge in [0.2, 0.25) is 0 Å². The van der Waals surface area contributed by atoms with Gasteiger partial charge in [-0.15, -0.1) is 0 Å². The maximum atomic E-state index is 4.49. The molecule has 2 aliphatic rings. The summed E-state index contributed by atoms with van der Waals surface area (Å²) < 4.78 is 0.